The van der Waals surface area contributed by atoms with E-state index in [0.29, 0.717) is 0 Å². The highest BCUT2D eigenvalue weighted by atomic mass is 32.1. The third kappa shape index (κ3) is 3.38. The molecule has 20 heavy (non-hydrogen) atoms. The molecule has 0 aliphatic rings. The van der Waals surface area contributed by atoms with Crippen LogP contribution in [0.1, 0.15) is 35.4 Å². The van der Waals surface area contributed by atoms with E-state index in [4.69, 9.17) is 4.74 Å². The van der Waals surface area contributed by atoms with Crippen molar-refractivity contribution >= 4 is 11.3 Å². The number of thiophene rings is 1. The number of nitrogens with one attached hydrogen (secondary N) is 1. The lowest BCUT2D eigenvalue weighted by Crippen LogP contribution is -2.22. The number of methoxy groups -OCH3 is 1. The zero-order chi connectivity index (χ0) is 14.5. The van der Waals surface area contributed by atoms with E-state index in [2.05, 4.69) is 30.6 Å². The van der Waals surface area contributed by atoms with E-state index < -0.39 is 0 Å². The second-order valence-electron chi connectivity index (χ2n) is 4.77. The van der Waals surface area contributed by atoms with Gasteiger partial charge in [-0.2, -0.15) is 0 Å². The van der Waals surface area contributed by atoms with Gasteiger partial charge in [-0.3, -0.25) is 0 Å². The lowest BCUT2D eigenvalue weighted by Gasteiger charge is -2.19. The summed E-state index contributed by atoms with van der Waals surface area (Å²) in [4.78, 5) is 1.28. The molecule has 0 fully saturated rings. The minimum Gasteiger partial charge on any atom is -0.494 e. The Balaban J connectivity index is 2.35. The Hall–Kier alpha value is -1.39. The fourth-order valence-electron chi connectivity index (χ4n) is 2.19. The van der Waals surface area contributed by atoms with E-state index in [0.717, 1.165) is 18.5 Å². The van der Waals surface area contributed by atoms with Gasteiger partial charge in [0.25, 0.3) is 0 Å². The standard InChI is InChI=1S/C16H20FNOS/c1-4-7-18-16(13-8-11(2)20-10-13)12-5-6-14(17)15(9-12)19-3/h5-6,8-10,16,18H,4,7H2,1-3H3. The summed E-state index contributed by atoms with van der Waals surface area (Å²) < 4.78 is 18.6. The van der Waals surface area contributed by atoms with Crippen molar-refractivity contribution in [2.45, 2.75) is 26.3 Å². The van der Waals surface area contributed by atoms with Gasteiger partial charge in [0.05, 0.1) is 13.2 Å². The van der Waals surface area contributed by atoms with Crippen LogP contribution in [0.25, 0.3) is 0 Å². The lowest BCUT2D eigenvalue weighted by molar-refractivity contribution is 0.385. The van der Waals surface area contributed by atoms with Crippen LogP contribution in [-0.2, 0) is 0 Å². The van der Waals surface area contributed by atoms with Gasteiger partial charge in [0.15, 0.2) is 11.6 Å². The number of ether oxygens (including phenoxy) is 1. The zero-order valence-electron chi connectivity index (χ0n) is 12.1. The Bertz CT molecular complexity index is 567. The molecule has 1 aromatic carbocycles. The molecular weight excluding hydrogens is 273 g/mol. The maximum Gasteiger partial charge on any atom is 0.165 e. The minimum absolute atomic E-state index is 0.0781. The normalized spacial score (nSPS) is 12.4. The number of hydrogen-bond donors (Lipinski definition) is 1. The molecular formula is C16H20FNOS. The first-order chi connectivity index (χ1) is 9.65. The average molecular weight is 293 g/mol. The van der Waals surface area contributed by atoms with Crippen molar-refractivity contribution in [2.24, 2.45) is 0 Å². The van der Waals surface area contributed by atoms with Gasteiger partial charge in [-0.05, 0) is 54.6 Å². The Kier molecular flexibility index (Phi) is 5.15. The van der Waals surface area contributed by atoms with Crippen LogP contribution in [-0.4, -0.2) is 13.7 Å². The molecule has 2 aromatic rings. The first kappa shape index (κ1) is 15.0. The highest BCUT2D eigenvalue weighted by Gasteiger charge is 2.16. The first-order valence-electron chi connectivity index (χ1n) is 6.77. The zero-order valence-corrected chi connectivity index (χ0v) is 12.9. The second kappa shape index (κ2) is 6.86. The molecule has 1 aromatic heterocycles. The second-order valence-corrected chi connectivity index (χ2v) is 5.89. The van der Waals surface area contributed by atoms with Gasteiger partial charge in [-0.1, -0.05) is 13.0 Å². The van der Waals surface area contributed by atoms with Crippen molar-refractivity contribution in [3.8, 4) is 5.75 Å². The van der Waals surface area contributed by atoms with E-state index in [-0.39, 0.29) is 17.6 Å². The third-order valence-corrected chi connectivity index (χ3v) is 4.07. The van der Waals surface area contributed by atoms with Crippen LogP contribution in [0, 0.1) is 12.7 Å². The molecule has 0 amide bonds. The fraction of sp³-hybridized carbons (Fsp3) is 0.375. The summed E-state index contributed by atoms with van der Waals surface area (Å²) in [6.45, 7) is 5.14. The summed E-state index contributed by atoms with van der Waals surface area (Å²) in [6.07, 6.45) is 1.05. The van der Waals surface area contributed by atoms with Crippen molar-refractivity contribution in [3.05, 3.63) is 51.5 Å². The summed E-state index contributed by atoms with van der Waals surface area (Å²) in [5.74, 6) is -0.0373. The maximum atomic E-state index is 13.5. The SMILES string of the molecule is CCCNC(c1csc(C)c1)c1ccc(F)c(OC)c1. The number of halogens is 1. The molecule has 1 N–H and O–H groups in total. The topological polar surface area (TPSA) is 21.3 Å². The molecule has 2 nitrogen and oxygen atoms in total. The number of rotatable bonds is 6. The van der Waals surface area contributed by atoms with Crippen molar-refractivity contribution in [3.63, 3.8) is 0 Å². The molecule has 0 radical (unpaired) electrons. The molecule has 0 aliphatic heterocycles. The van der Waals surface area contributed by atoms with E-state index in [1.807, 2.05) is 6.07 Å². The van der Waals surface area contributed by atoms with Gasteiger partial charge in [-0.25, -0.2) is 4.39 Å². The van der Waals surface area contributed by atoms with Crippen LogP contribution < -0.4 is 10.1 Å². The molecule has 1 atom stereocenters. The molecule has 1 heterocycles. The van der Waals surface area contributed by atoms with Crippen LogP contribution in [0.5, 0.6) is 5.75 Å². The highest BCUT2D eigenvalue weighted by molar-refractivity contribution is 7.10. The molecule has 2 rings (SSSR count). The molecule has 0 spiro atoms. The van der Waals surface area contributed by atoms with Crippen molar-refractivity contribution < 1.29 is 9.13 Å². The maximum absolute atomic E-state index is 13.5. The number of aryl methyl sites for hydroxylation is 1. The van der Waals surface area contributed by atoms with Gasteiger partial charge < -0.3 is 10.1 Å². The highest BCUT2D eigenvalue weighted by Crippen LogP contribution is 2.29. The fourth-order valence-corrected chi connectivity index (χ4v) is 2.92. The average Bonchev–Trinajstić information content (AvgIpc) is 2.87. The molecule has 4 heteroatoms. The molecule has 1 unspecified atom stereocenters. The van der Waals surface area contributed by atoms with Crippen LogP contribution in [0.15, 0.2) is 29.6 Å². The van der Waals surface area contributed by atoms with Crippen molar-refractivity contribution in [2.75, 3.05) is 13.7 Å². The van der Waals surface area contributed by atoms with Gasteiger partial charge in [0, 0.05) is 4.88 Å². The summed E-state index contributed by atoms with van der Waals surface area (Å²) in [7, 11) is 1.49. The van der Waals surface area contributed by atoms with E-state index in [1.165, 1.54) is 23.6 Å². The van der Waals surface area contributed by atoms with Crippen LogP contribution >= 0.6 is 11.3 Å². The predicted molar refractivity (Wildman–Crippen MR) is 82.1 cm³/mol. The Morgan fingerprint density at radius 1 is 1.30 bits per heavy atom. The summed E-state index contributed by atoms with van der Waals surface area (Å²) in [5.41, 5.74) is 2.24. The monoisotopic (exact) mass is 293 g/mol. The molecule has 0 bridgehead atoms. The Morgan fingerprint density at radius 3 is 2.70 bits per heavy atom. The van der Waals surface area contributed by atoms with E-state index in [9.17, 15) is 4.39 Å². The molecule has 0 aliphatic carbocycles. The summed E-state index contributed by atoms with van der Waals surface area (Å²) in [5, 5.41) is 5.67. The van der Waals surface area contributed by atoms with Gasteiger partial charge in [0.1, 0.15) is 0 Å². The van der Waals surface area contributed by atoms with Crippen molar-refractivity contribution in [1.29, 1.82) is 0 Å². The number of benzene rings is 1. The first-order valence-corrected chi connectivity index (χ1v) is 7.65. The smallest absolute Gasteiger partial charge is 0.165 e. The van der Waals surface area contributed by atoms with Crippen LogP contribution in [0.3, 0.4) is 0 Å². The molecule has 108 valence electrons. The third-order valence-electron chi connectivity index (χ3n) is 3.19. The molecule has 0 saturated carbocycles. The quantitative estimate of drug-likeness (QED) is 0.857. The summed E-state index contributed by atoms with van der Waals surface area (Å²) in [6, 6.07) is 7.31. The van der Waals surface area contributed by atoms with Crippen LogP contribution in [0.4, 0.5) is 4.39 Å². The Morgan fingerprint density at radius 2 is 2.10 bits per heavy atom. The van der Waals surface area contributed by atoms with Crippen LogP contribution in [0.2, 0.25) is 0 Å². The predicted octanol–water partition coefficient (Wildman–Crippen LogP) is 4.29. The summed E-state index contributed by atoms with van der Waals surface area (Å²) >= 11 is 1.73. The largest absolute Gasteiger partial charge is 0.494 e. The number of hydrogen-bond acceptors (Lipinski definition) is 3. The molecule has 0 saturated heterocycles. The van der Waals surface area contributed by atoms with Crippen molar-refractivity contribution in [1.82, 2.24) is 5.32 Å². The van der Waals surface area contributed by atoms with Gasteiger partial charge in [0.2, 0.25) is 0 Å². The lowest BCUT2D eigenvalue weighted by atomic mass is 10.0. The van der Waals surface area contributed by atoms with Gasteiger partial charge in [-0.15, -0.1) is 11.3 Å². The Labute approximate surface area is 123 Å². The minimum atomic E-state index is -0.327. The van der Waals surface area contributed by atoms with E-state index in [1.54, 1.807) is 17.4 Å². The van der Waals surface area contributed by atoms with E-state index >= 15 is 0 Å². The van der Waals surface area contributed by atoms with Gasteiger partial charge >= 0.3 is 0 Å².